The summed E-state index contributed by atoms with van der Waals surface area (Å²) in [5, 5.41) is 15.6. The van der Waals surface area contributed by atoms with Crippen molar-refractivity contribution in [1.29, 1.82) is 0 Å². The first-order valence-electron chi connectivity index (χ1n) is 9.20. The van der Waals surface area contributed by atoms with Crippen molar-refractivity contribution in [3.63, 3.8) is 0 Å². The molecule has 1 saturated carbocycles. The van der Waals surface area contributed by atoms with Crippen LogP contribution in [-0.4, -0.2) is 36.8 Å². The summed E-state index contributed by atoms with van der Waals surface area (Å²) in [4.78, 5) is 4.60. The minimum absolute atomic E-state index is 0.00772. The smallest absolute Gasteiger partial charge is 0.191 e. The Bertz CT molecular complexity index is 554. The van der Waals surface area contributed by atoms with Crippen LogP contribution in [0.2, 0.25) is 0 Å². The van der Waals surface area contributed by atoms with Crippen LogP contribution in [0, 0.1) is 17.6 Å². The Morgan fingerprint density at radius 2 is 2.00 bits per heavy atom. The van der Waals surface area contributed by atoms with E-state index in [-0.39, 0.29) is 24.1 Å². The van der Waals surface area contributed by atoms with Gasteiger partial charge in [-0.25, -0.2) is 8.78 Å². The molecule has 1 aliphatic rings. The van der Waals surface area contributed by atoms with E-state index in [1.165, 1.54) is 18.2 Å². The van der Waals surface area contributed by atoms with E-state index in [2.05, 4.69) is 22.5 Å². The maximum Gasteiger partial charge on any atom is 0.191 e. The lowest BCUT2D eigenvalue weighted by atomic mass is 10.0. The van der Waals surface area contributed by atoms with Crippen LogP contribution in [0.5, 0.6) is 0 Å². The zero-order valence-electron chi connectivity index (χ0n) is 15.1. The highest BCUT2D eigenvalue weighted by Gasteiger charge is 2.42. The summed E-state index contributed by atoms with van der Waals surface area (Å²) < 4.78 is 27.8. The molecule has 0 heterocycles. The van der Waals surface area contributed by atoms with Gasteiger partial charge in [-0.3, -0.25) is 4.99 Å². The topological polar surface area (TPSA) is 56.7 Å². The van der Waals surface area contributed by atoms with E-state index in [4.69, 9.17) is 5.11 Å². The molecule has 0 bridgehead atoms. The molecule has 1 aliphatic carbocycles. The molecule has 3 atom stereocenters. The standard InChI is InChI=1S/C19H29F2N3O/c1-3-6-13(9-10-25)12-23-19(22-4-2)24-17-11-14(17)18-15(20)7-5-8-16(18)21/h5,7-8,13-14,17,25H,3-4,6,9-12H2,1-2H3,(H2,22,23,24). The number of guanidine groups is 1. The molecule has 0 aliphatic heterocycles. The molecule has 1 aromatic carbocycles. The fraction of sp³-hybridized carbons (Fsp3) is 0.632. The summed E-state index contributed by atoms with van der Waals surface area (Å²) in [5.74, 6) is -0.103. The van der Waals surface area contributed by atoms with Crippen LogP contribution in [0.3, 0.4) is 0 Å². The number of benzene rings is 1. The third kappa shape index (κ3) is 5.66. The summed E-state index contributed by atoms with van der Waals surface area (Å²) >= 11 is 0. The molecule has 3 N–H and O–H groups in total. The first kappa shape index (κ1) is 19.6. The molecule has 1 fully saturated rings. The van der Waals surface area contributed by atoms with Crippen LogP contribution in [0.4, 0.5) is 8.78 Å². The molecule has 2 rings (SSSR count). The van der Waals surface area contributed by atoms with E-state index in [1.54, 1.807) is 0 Å². The van der Waals surface area contributed by atoms with E-state index < -0.39 is 11.6 Å². The minimum Gasteiger partial charge on any atom is -0.396 e. The SMILES string of the molecule is CCCC(CCO)CN=C(NCC)NC1CC1c1c(F)cccc1F. The van der Waals surface area contributed by atoms with Crippen molar-refractivity contribution in [2.24, 2.45) is 10.9 Å². The Morgan fingerprint density at radius 1 is 1.28 bits per heavy atom. The van der Waals surface area contributed by atoms with E-state index in [0.29, 0.717) is 24.8 Å². The highest BCUT2D eigenvalue weighted by atomic mass is 19.1. The highest BCUT2D eigenvalue weighted by Crippen LogP contribution is 2.43. The van der Waals surface area contributed by atoms with E-state index in [0.717, 1.165) is 25.8 Å². The van der Waals surface area contributed by atoms with Crippen LogP contribution >= 0.6 is 0 Å². The van der Waals surface area contributed by atoms with E-state index >= 15 is 0 Å². The van der Waals surface area contributed by atoms with Crippen LogP contribution in [0.15, 0.2) is 23.2 Å². The van der Waals surface area contributed by atoms with Crippen molar-refractivity contribution < 1.29 is 13.9 Å². The Morgan fingerprint density at radius 3 is 2.60 bits per heavy atom. The first-order valence-corrected chi connectivity index (χ1v) is 9.20. The Hall–Kier alpha value is -1.69. The lowest BCUT2D eigenvalue weighted by Gasteiger charge is -2.15. The molecular weight excluding hydrogens is 324 g/mol. The average molecular weight is 353 g/mol. The van der Waals surface area contributed by atoms with Gasteiger partial charge in [0.1, 0.15) is 11.6 Å². The van der Waals surface area contributed by atoms with Crippen LogP contribution < -0.4 is 10.6 Å². The van der Waals surface area contributed by atoms with Crippen LogP contribution in [-0.2, 0) is 0 Å². The van der Waals surface area contributed by atoms with Crippen LogP contribution in [0.25, 0.3) is 0 Å². The number of aliphatic hydroxyl groups is 1. The monoisotopic (exact) mass is 353 g/mol. The van der Waals surface area contributed by atoms with Crippen molar-refractivity contribution in [3.05, 3.63) is 35.4 Å². The van der Waals surface area contributed by atoms with E-state index in [9.17, 15) is 8.78 Å². The van der Waals surface area contributed by atoms with Gasteiger partial charge in [0.2, 0.25) is 0 Å². The molecule has 140 valence electrons. The summed E-state index contributed by atoms with van der Waals surface area (Å²) in [5.41, 5.74) is 0.167. The number of aliphatic hydroxyl groups excluding tert-OH is 1. The summed E-state index contributed by atoms with van der Waals surface area (Å²) in [6.45, 7) is 5.62. The molecule has 0 spiro atoms. The Labute approximate surface area is 148 Å². The van der Waals surface area contributed by atoms with Gasteiger partial charge in [0.05, 0.1) is 0 Å². The predicted octanol–water partition coefficient (Wildman–Crippen LogP) is 3.17. The first-order chi connectivity index (χ1) is 12.1. The fourth-order valence-electron chi connectivity index (χ4n) is 3.17. The number of aliphatic imine (C=N–C) groups is 1. The number of rotatable bonds is 9. The molecule has 6 heteroatoms. The molecule has 0 aromatic heterocycles. The second-order valence-electron chi connectivity index (χ2n) is 6.61. The maximum atomic E-state index is 13.9. The minimum atomic E-state index is -0.484. The second-order valence-corrected chi connectivity index (χ2v) is 6.61. The summed E-state index contributed by atoms with van der Waals surface area (Å²) in [6, 6.07) is 3.99. The predicted molar refractivity (Wildman–Crippen MR) is 96.7 cm³/mol. The third-order valence-electron chi connectivity index (χ3n) is 4.57. The quantitative estimate of drug-likeness (QED) is 0.472. The number of hydrogen-bond donors (Lipinski definition) is 3. The average Bonchev–Trinajstić information content (AvgIpc) is 3.31. The van der Waals surface area contributed by atoms with Crippen molar-refractivity contribution in [2.75, 3.05) is 19.7 Å². The molecule has 0 radical (unpaired) electrons. The number of hydrogen-bond acceptors (Lipinski definition) is 2. The molecule has 25 heavy (non-hydrogen) atoms. The normalized spacial score (nSPS) is 21.1. The maximum absolute atomic E-state index is 13.9. The van der Waals surface area contributed by atoms with Crippen molar-refractivity contribution in [1.82, 2.24) is 10.6 Å². The molecular formula is C19H29F2N3O. The van der Waals surface area contributed by atoms with Gasteiger partial charge in [-0.15, -0.1) is 0 Å². The van der Waals surface area contributed by atoms with Gasteiger partial charge in [0, 0.05) is 37.2 Å². The van der Waals surface area contributed by atoms with Gasteiger partial charge in [-0.2, -0.15) is 0 Å². The van der Waals surface area contributed by atoms with Gasteiger partial charge >= 0.3 is 0 Å². The Balaban J connectivity index is 1.97. The Kier molecular flexibility index (Phi) is 7.62. The van der Waals surface area contributed by atoms with Crippen molar-refractivity contribution in [2.45, 2.75) is 51.5 Å². The zero-order valence-corrected chi connectivity index (χ0v) is 15.1. The van der Waals surface area contributed by atoms with Gasteiger partial charge in [-0.1, -0.05) is 19.4 Å². The van der Waals surface area contributed by atoms with Crippen molar-refractivity contribution >= 4 is 5.96 Å². The van der Waals surface area contributed by atoms with Crippen molar-refractivity contribution in [3.8, 4) is 0 Å². The van der Waals surface area contributed by atoms with Crippen LogP contribution in [0.1, 0.15) is 51.0 Å². The van der Waals surface area contributed by atoms with Gasteiger partial charge in [-0.05, 0) is 44.2 Å². The fourth-order valence-corrected chi connectivity index (χ4v) is 3.17. The van der Waals surface area contributed by atoms with Gasteiger partial charge < -0.3 is 15.7 Å². The number of halogens is 2. The summed E-state index contributed by atoms with van der Waals surface area (Å²) in [7, 11) is 0. The highest BCUT2D eigenvalue weighted by molar-refractivity contribution is 5.80. The largest absolute Gasteiger partial charge is 0.396 e. The van der Waals surface area contributed by atoms with E-state index in [1.807, 2.05) is 6.92 Å². The zero-order chi connectivity index (χ0) is 18.2. The van der Waals surface area contributed by atoms with Gasteiger partial charge in [0.25, 0.3) is 0 Å². The number of nitrogens with one attached hydrogen (secondary N) is 2. The molecule has 4 nitrogen and oxygen atoms in total. The molecule has 3 unspecified atom stereocenters. The molecule has 0 amide bonds. The number of nitrogens with zero attached hydrogens (tertiary/aromatic N) is 1. The lowest BCUT2D eigenvalue weighted by Crippen LogP contribution is -2.39. The third-order valence-corrected chi connectivity index (χ3v) is 4.57. The second kappa shape index (κ2) is 9.70. The summed E-state index contributed by atoms with van der Waals surface area (Å²) in [6.07, 6.45) is 3.51. The molecule has 1 aromatic rings. The lowest BCUT2D eigenvalue weighted by molar-refractivity contribution is 0.253. The van der Waals surface area contributed by atoms with Gasteiger partial charge in [0.15, 0.2) is 5.96 Å². The molecule has 0 saturated heterocycles.